The minimum Gasteiger partial charge on any atom is -0.379 e. The molecule has 184 valence electrons. The summed E-state index contributed by atoms with van der Waals surface area (Å²) < 4.78 is 68.7. The Morgan fingerprint density at radius 1 is 1.12 bits per heavy atom. The number of nitro groups is 1. The van der Waals surface area contributed by atoms with Crippen molar-refractivity contribution in [2.24, 2.45) is 0 Å². The fourth-order valence-electron chi connectivity index (χ4n) is 3.62. The Bertz CT molecular complexity index is 976. The Kier molecular flexibility index (Phi) is 7.76. The lowest BCUT2D eigenvalue weighted by Crippen LogP contribution is -2.50. The first-order valence-electron chi connectivity index (χ1n) is 10.1. The van der Waals surface area contributed by atoms with E-state index in [0.717, 1.165) is 6.07 Å². The number of rotatable bonds is 7. The van der Waals surface area contributed by atoms with Crippen LogP contribution in [0.1, 0.15) is 0 Å². The molecule has 2 fully saturated rings. The zero-order chi connectivity index (χ0) is 24.2. The number of hydrogen-bond donors (Lipinski definition) is 1. The molecule has 0 saturated carbocycles. The maximum Gasteiger partial charge on any atom is 0.405 e. The van der Waals surface area contributed by atoms with Crippen molar-refractivity contribution in [3.63, 3.8) is 0 Å². The molecule has 1 N–H and O–H groups in total. The average molecular weight is 495 g/mol. The first-order chi connectivity index (χ1) is 15.5. The molecule has 33 heavy (non-hydrogen) atoms. The third kappa shape index (κ3) is 6.52. The monoisotopic (exact) mass is 495 g/mol. The number of sulfonamides is 1. The molecule has 0 atom stereocenters. The van der Waals surface area contributed by atoms with Gasteiger partial charge in [-0.3, -0.25) is 19.8 Å². The van der Waals surface area contributed by atoms with E-state index in [-0.39, 0.29) is 62.2 Å². The average Bonchev–Trinajstić information content (AvgIpc) is 2.78. The first kappa shape index (κ1) is 25.1. The number of carbonyl (C=O) groups excluding carboxylic acids is 1. The second kappa shape index (κ2) is 10.2. The molecule has 1 aromatic rings. The van der Waals surface area contributed by atoms with Crippen molar-refractivity contribution in [3.05, 3.63) is 28.3 Å². The maximum atomic E-state index is 12.8. The van der Waals surface area contributed by atoms with Crippen molar-refractivity contribution in [2.75, 3.05) is 70.5 Å². The summed E-state index contributed by atoms with van der Waals surface area (Å²) in [6.45, 7) is 0.351. The Balaban J connectivity index is 1.66. The normalized spacial score (nSPS) is 18.8. The van der Waals surface area contributed by atoms with Crippen LogP contribution in [0.3, 0.4) is 0 Å². The van der Waals surface area contributed by atoms with Crippen molar-refractivity contribution < 1.29 is 36.0 Å². The van der Waals surface area contributed by atoms with Gasteiger partial charge in [-0.1, -0.05) is 0 Å². The fraction of sp³-hybridized carbons (Fsp3) is 0.611. The third-order valence-electron chi connectivity index (χ3n) is 5.32. The molecule has 0 radical (unpaired) electrons. The zero-order valence-corrected chi connectivity index (χ0v) is 18.4. The number of halogens is 3. The van der Waals surface area contributed by atoms with Crippen molar-refractivity contribution >= 4 is 27.3 Å². The van der Waals surface area contributed by atoms with Crippen LogP contribution in [0.15, 0.2) is 23.1 Å². The number of carbonyl (C=O) groups is 1. The Labute approximate surface area is 188 Å². The minimum absolute atomic E-state index is 0.163. The number of amides is 1. The van der Waals surface area contributed by atoms with Gasteiger partial charge in [0.15, 0.2) is 0 Å². The summed E-state index contributed by atoms with van der Waals surface area (Å²) in [6, 6.07) is 3.75. The zero-order valence-electron chi connectivity index (χ0n) is 17.6. The molecule has 2 aliphatic heterocycles. The number of piperazine rings is 1. The van der Waals surface area contributed by atoms with Gasteiger partial charge in [0, 0.05) is 45.3 Å². The predicted octanol–water partition coefficient (Wildman–Crippen LogP) is 0.416. The lowest BCUT2D eigenvalue weighted by molar-refractivity contribution is -0.384. The highest BCUT2D eigenvalue weighted by Crippen LogP contribution is 2.32. The molecule has 3 rings (SSSR count). The van der Waals surface area contributed by atoms with Crippen molar-refractivity contribution in [3.8, 4) is 0 Å². The van der Waals surface area contributed by atoms with E-state index in [1.807, 2.05) is 0 Å². The van der Waals surface area contributed by atoms with Crippen LogP contribution >= 0.6 is 0 Å². The van der Waals surface area contributed by atoms with Gasteiger partial charge >= 0.3 is 6.18 Å². The van der Waals surface area contributed by atoms with Gasteiger partial charge in [-0.05, 0) is 12.1 Å². The number of benzene rings is 1. The number of morpholine rings is 1. The lowest BCUT2D eigenvalue weighted by Gasteiger charge is -2.35. The molecule has 0 aromatic heterocycles. The largest absolute Gasteiger partial charge is 0.405 e. The molecule has 0 aliphatic carbocycles. The summed E-state index contributed by atoms with van der Waals surface area (Å²) >= 11 is 0. The van der Waals surface area contributed by atoms with Crippen LogP contribution in [0.25, 0.3) is 0 Å². The van der Waals surface area contributed by atoms with Crippen LogP contribution in [-0.2, 0) is 19.6 Å². The Morgan fingerprint density at radius 3 is 2.33 bits per heavy atom. The van der Waals surface area contributed by atoms with E-state index in [0.29, 0.717) is 13.1 Å². The summed E-state index contributed by atoms with van der Waals surface area (Å²) in [7, 11) is -3.91. The molecule has 0 bridgehead atoms. The predicted molar refractivity (Wildman–Crippen MR) is 110 cm³/mol. The van der Waals surface area contributed by atoms with Crippen molar-refractivity contribution in [1.82, 2.24) is 14.5 Å². The van der Waals surface area contributed by atoms with Crippen LogP contribution in [0, 0.1) is 10.1 Å². The highest BCUT2D eigenvalue weighted by molar-refractivity contribution is 7.89. The molecule has 1 amide bonds. The maximum absolute atomic E-state index is 12.8. The van der Waals surface area contributed by atoms with Gasteiger partial charge in [-0.15, -0.1) is 0 Å². The number of hydrogen-bond acceptors (Lipinski definition) is 8. The lowest BCUT2D eigenvalue weighted by atomic mass is 10.2. The van der Waals surface area contributed by atoms with E-state index in [9.17, 15) is 36.5 Å². The van der Waals surface area contributed by atoms with Crippen LogP contribution < -0.4 is 10.2 Å². The quantitative estimate of drug-likeness (QED) is 0.426. The Hall–Kier alpha value is -2.49. The molecular weight excluding hydrogens is 471 g/mol. The highest BCUT2D eigenvalue weighted by Gasteiger charge is 2.31. The van der Waals surface area contributed by atoms with Crippen molar-refractivity contribution in [1.29, 1.82) is 0 Å². The van der Waals surface area contributed by atoms with E-state index in [2.05, 4.69) is 0 Å². The number of nitro benzene ring substituents is 1. The fourth-order valence-corrected chi connectivity index (χ4v) is 5.05. The highest BCUT2D eigenvalue weighted by atomic mass is 32.2. The van der Waals surface area contributed by atoms with Crippen LogP contribution in [-0.4, -0.2) is 100 Å². The molecule has 0 unspecified atom stereocenters. The van der Waals surface area contributed by atoms with Crippen LogP contribution in [0.4, 0.5) is 24.5 Å². The second-order valence-electron chi connectivity index (χ2n) is 7.58. The number of ether oxygens (including phenoxy) is 1. The number of nitrogens with one attached hydrogen (secondary N) is 1. The number of anilines is 1. The summed E-state index contributed by atoms with van der Waals surface area (Å²) in [5.41, 5.74) is -0.122. The molecule has 2 aliphatic rings. The molecule has 0 spiro atoms. The van der Waals surface area contributed by atoms with E-state index >= 15 is 0 Å². The SMILES string of the molecule is O=C(CN1CCN(c2ccc(S(=O)(=O)N3CCOCC3)cc2[N+](=O)[O-])CC1)NCC(F)(F)F. The third-order valence-corrected chi connectivity index (χ3v) is 7.21. The van der Waals surface area contributed by atoms with Gasteiger partial charge in [-0.2, -0.15) is 17.5 Å². The van der Waals surface area contributed by atoms with E-state index in [1.165, 1.54) is 16.4 Å². The molecule has 2 saturated heterocycles. The Morgan fingerprint density at radius 2 is 1.76 bits per heavy atom. The van der Waals surface area contributed by atoms with Gasteiger partial charge < -0.3 is 15.0 Å². The van der Waals surface area contributed by atoms with E-state index in [4.69, 9.17) is 4.74 Å². The van der Waals surface area contributed by atoms with Crippen molar-refractivity contribution in [2.45, 2.75) is 11.1 Å². The number of alkyl halides is 3. The number of nitrogens with zero attached hydrogens (tertiary/aromatic N) is 4. The summed E-state index contributed by atoms with van der Waals surface area (Å²) in [4.78, 5) is 25.9. The minimum atomic E-state index is -4.49. The van der Waals surface area contributed by atoms with Crippen LogP contribution in [0.2, 0.25) is 0 Å². The van der Waals surface area contributed by atoms with Gasteiger partial charge in [0.1, 0.15) is 12.2 Å². The van der Waals surface area contributed by atoms with E-state index < -0.39 is 33.6 Å². The summed E-state index contributed by atoms with van der Waals surface area (Å²) in [5.74, 6) is -0.760. The first-order valence-corrected chi connectivity index (χ1v) is 11.6. The second-order valence-corrected chi connectivity index (χ2v) is 9.52. The molecule has 1 aromatic carbocycles. The molecular formula is C18H24F3N5O6S. The summed E-state index contributed by atoms with van der Waals surface area (Å²) in [5, 5.41) is 13.5. The molecule has 2 heterocycles. The van der Waals surface area contributed by atoms with Gasteiger partial charge in [-0.25, -0.2) is 8.42 Å². The van der Waals surface area contributed by atoms with Gasteiger partial charge in [0.25, 0.3) is 5.69 Å². The molecule has 15 heteroatoms. The summed E-state index contributed by atoms with van der Waals surface area (Å²) in [6.07, 6.45) is -4.49. The van der Waals surface area contributed by atoms with E-state index in [1.54, 1.807) is 15.1 Å². The van der Waals surface area contributed by atoms with Crippen LogP contribution in [0.5, 0.6) is 0 Å². The smallest absolute Gasteiger partial charge is 0.379 e. The molecule has 11 nitrogen and oxygen atoms in total. The topological polar surface area (TPSA) is 125 Å². The standard InChI is InChI=1S/C18H24F3N5O6S/c19-18(20,21)13-22-17(27)12-23-3-5-24(6-4-23)15-2-1-14(11-16(15)26(28)29)33(30,31)25-7-9-32-10-8-25/h1-2,11H,3-10,12-13H2,(H,22,27). The van der Waals surface area contributed by atoms with Gasteiger partial charge in [0.05, 0.1) is 29.6 Å². The van der Waals surface area contributed by atoms with Gasteiger partial charge in [0.2, 0.25) is 15.9 Å².